The third-order valence-electron chi connectivity index (χ3n) is 6.14. The van der Waals surface area contributed by atoms with Gasteiger partial charge in [-0.25, -0.2) is 9.50 Å². The van der Waals surface area contributed by atoms with Crippen molar-refractivity contribution in [3.05, 3.63) is 24.2 Å². The van der Waals surface area contributed by atoms with E-state index < -0.39 is 5.60 Å². The third-order valence-corrected chi connectivity index (χ3v) is 6.14. The van der Waals surface area contributed by atoms with Gasteiger partial charge in [0.2, 0.25) is 0 Å². The van der Waals surface area contributed by atoms with Crippen molar-refractivity contribution in [2.75, 3.05) is 32.2 Å². The second-order valence-electron chi connectivity index (χ2n) is 8.71. The van der Waals surface area contributed by atoms with E-state index in [9.17, 15) is 0 Å². The Kier molecular flexibility index (Phi) is 9.28. The topological polar surface area (TPSA) is 93.1 Å². The second-order valence-corrected chi connectivity index (χ2v) is 8.71. The van der Waals surface area contributed by atoms with E-state index in [0.29, 0.717) is 32.2 Å². The number of aromatic nitrogens is 3. The summed E-state index contributed by atoms with van der Waals surface area (Å²) < 4.78 is 27.4. The Morgan fingerprint density at radius 3 is 2.53 bits per heavy atom. The molecule has 0 aliphatic carbocycles. The van der Waals surface area contributed by atoms with E-state index in [0.717, 1.165) is 49.7 Å². The Morgan fingerprint density at radius 2 is 1.78 bits per heavy atom. The van der Waals surface area contributed by atoms with Crippen LogP contribution in [0.5, 0.6) is 0 Å². The average Bonchev–Trinajstić information content (AvgIpc) is 3.32. The van der Waals surface area contributed by atoms with Gasteiger partial charge in [-0.15, -0.1) is 0 Å². The first-order valence-corrected chi connectivity index (χ1v) is 12.1. The van der Waals surface area contributed by atoms with E-state index in [2.05, 4.69) is 37.8 Å². The van der Waals surface area contributed by atoms with Crippen LogP contribution in [0.4, 0.5) is 5.82 Å². The molecule has 2 aromatic rings. The number of anilines is 1. The van der Waals surface area contributed by atoms with Crippen LogP contribution >= 0.6 is 0 Å². The summed E-state index contributed by atoms with van der Waals surface area (Å²) in [6.07, 6.45) is 6.85. The molecule has 0 spiro atoms. The third kappa shape index (κ3) is 5.42. The number of rotatable bonds is 14. The highest BCUT2D eigenvalue weighted by Gasteiger charge is 2.57. The molecule has 8 heteroatoms. The molecule has 0 aromatic carbocycles. The van der Waals surface area contributed by atoms with Gasteiger partial charge in [-0.3, -0.25) is 0 Å². The lowest BCUT2D eigenvalue weighted by Gasteiger charge is -2.35. The fraction of sp³-hybridized carbons (Fsp3) is 0.750. The lowest BCUT2D eigenvalue weighted by molar-refractivity contribution is -0.138. The zero-order valence-corrected chi connectivity index (χ0v) is 20.1. The number of nitrogens with zero attached hydrogens (tertiary/aromatic N) is 3. The highest BCUT2D eigenvalue weighted by molar-refractivity contribution is 5.65. The summed E-state index contributed by atoms with van der Waals surface area (Å²) in [5.74, 6) is 0.438. The molecule has 180 valence electrons. The Hall–Kier alpha value is -1.74. The lowest BCUT2D eigenvalue weighted by atomic mass is 9.90. The molecule has 0 saturated carbocycles. The van der Waals surface area contributed by atoms with Crippen LogP contribution in [0.15, 0.2) is 18.5 Å². The summed E-state index contributed by atoms with van der Waals surface area (Å²) >= 11 is 0. The Bertz CT molecular complexity index is 829. The fourth-order valence-corrected chi connectivity index (χ4v) is 4.23. The minimum Gasteiger partial charge on any atom is -0.382 e. The van der Waals surface area contributed by atoms with Crippen molar-refractivity contribution < 1.29 is 18.9 Å². The van der Waals surface area contributed by atoms with Crippen LogP contribution in [-0.2, 0) is 18.9 Å². The van der Waals surface area contributed by atoms with Crippen LogP contribution in [-0.4, -0.2) is 58.8 Å². The molecule has 2 aromatic heterocycles. The molecular formula is C24H40N4O4. The van der Waals surface area contributed by atoms with E-state index in [1.54, 1.807) is 4.52 Å². The highest BCUT2D eigenvalue weighted by Crippen LogP contribution is 2.46. The predicted molar refractivity (Wildman–Crippen MR) is 125 cm³/mol. The molecule has 1 aliphatic rings. The van der Waals surface area contributed by atoms with Gasteiger partial charge in [0.1, 0.15) is 35.8 Å². The van der Waals surface area contributed by atoms with Crippen LogP contribution in [0.1, 0.15) is 78.0 Å². The van der Waals surface area contributed by atoms with Crippen LogP contribution in [0, 0.1) is 0 Å². The SMILES string of the molecule is CCCCOC[C@H]1OC(c2ccc3c(N)ncnn23)[C@](C)(OCCCC)[C@@H]1OCCCC. The lowest BCUT2D eigenvalue weighted by Crippen LogP contribution is -2.48. The van der Waals surface area contributed by atoms with Crippen molar-refractivity contribution in [3.63, 3.8) is 0 Å². The molecule has 0 bridgehead atoms. The number of hydrogen-bond donors (Lipinski definition) is 1. The quantitative estimate of drug-likeness (QED) is 0.430. The van der Waals surface area contributed by atoms with Gasteiger partial charge in [0, 0.05) is 19.8 Å². The number of fused-ring (bicyclic) bond motifs is 1. The van der Waals surface area contributed by atoms with Gasteiger partial charge in [0.25, 0.3) is 0 Å². The van der Waals surface area contributed by atoms with Gasteiger partial charge in [-0.1, -0.05) is 40.0 Å². The average molecular weight is 449 g/mol. The molecule has 1 aliphatic heterocycles. The number of unbranched alkanes of at least 4 members (excludes halogenated alkanes) is 3. The van der Waals surface area contributed by atoms with Gasteiger partial charge in [-0.05, 0) is 38.3 Å². The fourth-order valence-electron chi connectivity index (χ4n) is 4.23. The number of nitrogen functional groups attached to an aromatic ring is 1. The van der Waals surface area contributed by atoms with Crippen LogP contribution in [0.25, 0.3) is 5.52 Å². The molecule has 0 amide bonds. The maximum atomic E-state index is 6.63. The zero-order chi connectivity index (χ0) is 23.0. The van der Waals surface area contributed by atoms with Crippen LogP contribution < -0.4 is 5.73 Å². The van der Waals surface area contributed by atoms with Gasteiger partial charge >= 0.3 is 0 Å². The molecule has 3 rings (SSSR count). The van der Waals surface area contributed by atoms with E-state index in [-0.39, 0.29) is 18.3 Å². The zero-order valence-electron chi connectivity index (χ0n) is 20.1. The molecule has 1 fully saturated rings. The van der Waals surface area contributed by atoms with E-state index >= 15 is 0 Å². The van der Waals surface area contributed by atoms with E-state index in [4.69, 9.17) is 24.7 Å². The summed E-state index contributed by atoms with van der Waals surface area (Å²) in [7, 11) is 0. The van der Waals surface area contributed by atoms with E-state index in [1.807, 2.05) is 12.1 Å². The van der Waals surface area contributed by atoms with Crippen molar-refractivity contribution >= 4 is 11.3 Å². The minimum atomic E-state index is -0.685. The molecule has 32 heavy (non-hydrogen) atoms. The van der Waals surface area contributed by atoms with Gasteiger partial charge in [0.15, 0.2) is 5.82 Å². The van der Waals surface area contributed by atoms with Gasteiger partial charge in [-0.2, -0.15) is 5.10 Å². The van der Waals surface area contributed by atoms with Gasteiger partial charge < -0.3 is 24.7 Å². The normalized spacial score (nSPS) is 25.7. The molecule has 2 N–H and O–H groups in total. The van der Waals surface area contributed by atoms with Crippen molar-refractivity contribution in [2.45, 2.75) is 90.1 Å². The summed E-state index contributed by atoms with van der Waals surface area (Å²) in [4.78, 5) is 4.11. The van der Waals surface area contributed by atoms with Crippen LogP contribution in [0.3, 0.4) is 0 Å². The predicted octanol–water partition coefficient (Wildman–Crippen LogP) is 4.33. The Balaban J connectivity index is 1.93. The molecule has 1 unspecified atom stereocenters. The Labute approximate surface area is 191 Å². The minimum absolute atomic E-state index is 0.231. The first-order valence-electron chi connectivity index (χ1n) is 12.1. The molecule has 0 radical (unpaired) electrons. The molecule has 1 saturated heterocycles. The molecular weight excluding hydrogens is 408 g/mol. The van der Waals surface area contributed by atoms with E-state index in [1.165, 1.54) is 6.33 Å². The van der Waals surface area contributed by atoms with Crippen molar-refractivity contribution in [2.24, 2.45) is 0 Å². The largest absolute Gasteiger partial charge is 0.382 e. The summed E-state index contributed by atoms with van der Waals surface area (Å²) in [5, 5.41) is 4.44. The number of hydrogen-bond acceptors (Lipinski definition) is 7. The molecule has 3 heterocycles. The summed E-state index contributed by atoms with van der Waals surface area (Å²) in [5.41, 5.74) is 7.03. The van der Waals surface area contributed by atoms with Crippen LogP contribution in [0.2, 0.25) is 0 Å². The Morgan fingerprint density at radius 1 is 1.06 bits per heavy atom. The molecule has 8 nitrogen and oxygen atoms in total. The van der Waals surface area contributed by atoms with Crippen molar-refractivity contribution in [3.8, 4) is 0 Å². The second kappa shape index (κ2) is 11.9. The highest BCUT2D eigenvalue weighted by atomic mass is 16.6. The maximum absolute atomic E-state index is 6.63. The number of nitrogens with two attached hydrogens (primary N) is 1. The van der Waals surface area contributed by atoms with Crippen molar-refractivity contribution in [1.82, 2.24) is 14.6 Å². The standard InChI is InChI=1S/C24H40N4O4/c1-5-8-13-29-16-20-22(30-14-9-6-2)24(4,31-15-10-7-3)21(32-20)18-11-12-19-23(25)26-17-27-28(18)19/h11-12,17,20-22H,5-10,13-16H2,1-4H3,(H2,25,26,27)/t20-,21?,22-,24+/m1/s1. The maximum Gasteiger partial charge on any atom is 0.151 e. The summed E-state index contributed by atoms with van der Waals surface area (Å²) in [6.45, 7) is 11.1. The number of ether oxygens (including phenoxy) is 4. The monoisotopic (exact) mass is 448 g/mol. The summed E-state index contributed by atoms with van der Waals surface area (Å²) in [6, 6.07) is 3.93. The first kappa shape index (κ1) is 24.9. The first-order chi connectivity index (χ1) is 15.6. The van der Waals surface area contributed by atoms with Crippen molar-refractivity contribution in [1.29, 1.82) is 0 Å². The smallest absolute Gasteiger partial charge is 0.151 e. The molecule has 4 atom stereocenters. The van der Waals surface area contributed by atoms with Gasteiger partial charge in [0.05, 0.1) is 12.3 Å².